The standard InChI is InChI=1S/C10H14ClN3S/c1-7-6-15-4-3-14(7)10-5-9(11)12-8(2)13-10/h5,7H,3-4,6H2,1-2H3. The number of rotatable bonds is 1. The first kappa shape index (κ1) is 11.0. The van der Waals surface area contributed by atoms with E-state index >= 15 is 0 Å². The predicted octanol–water partition coefficient (Wildman–Crippen LogP) is 2.38. The Kier molecular flexibility index (Phi) is 3.36. The van der Waals surface area contributed by atoms with Crippen LogP contribution in [0.2, 0.25) is 5.15 Å². The molecular formula is C10H14ClN3S. The van der Waals surface area contributed by atoms with Gasteiger partial charge in [0.1, 0.15) is 16.8 Å². The van der Waals surface area contributed by atoms with Gasteiger partial charge in [0.05, 0.1) is 0 Å². The lowest BCUT2D eigenvalue weighted by molar-refractivity contribution is 0.686. The maximum Gasteiger partial charge on any atom is 0.134 e. The summed E-state index contributed by atoms with van der Waals surface area (Å²) >= 11 is 7.93. The van der Waals surface area contributed by atoms with E-state index in [1.807, 2.05) is 24.8 Å². The van der Waals surface area contributed by atoms with Crippen LogP contribution in [0.4, 0.5) is 5.82 Å². The van der Waals surface area contributed by atoms with Crippen molar-refractivity contribution in [2.75, 3.05) is 23.0 Å². The molecule has 82 valence electrons. The molecule has 0 N–H and O–H groups in total. The van der Waals surface area contributed by atoms with E-state index in [2.05, 4.69) is 21.8 Å². The average molecular weight is 244 g/mol. The molecule has 1 unspecified atom stereocenters. The minimum Gasteiger partial charge on any atom is -0.352 e. The lowest BCUT2D eigenvalue weighted by Gasteiger charge is -2.34. The van der Waals surface area contributed by atoms with Gasteiger partial charge in [0, 0.05) is 30.2 Å². The van der Waals surface area contributed by atoms with E-state index in [1.165, 1.54) is 0 Å². The van der Waals surface area contributed by atoms with E-state index in [0.717, 1.165) is 29.7 Å². The maximum atomic E-state index is 5.93. The first-order valence-electron chi connectivity index (χ1n) is 5.02. The van der Waals surface area contributed by atoms with Crippen LogP contribution in [0.1, 0.15) is 12.7 Å². The van der Waals surface area contributed by atoms with Crippen LogP contribution < -0.4 is 4.90 Å². The van der Waals surface area contributed by atoms with Crippen molar-refractivity contribution in [3.8, 4) is 0 Å². The number of halogens is 1. The summed E-state index contributed by atoms with van der Waals surface area (Å²) in [5, 5.41) is 0.530. The maximum absolute atomic E-state index is 5.93. The Balaban J connectivity index is 2.27. The Morgan fingerprint density at radius 1 is 1.53 bits per heavy atom. The van der Waals surface area contributed by atoms with Crippen LogP contribution in [0, 0.1) is 6.92 Å². The van der Waals surface area contributed by atoms with Crippen molar-refractivity contribution in [1.82, 2.24) is 9.97 Å². The molecule has 0 aromatic carbocycles. The molecule has 0 radical (unpaired) electrons. The normalized spacial score (nSPS) is 21.8. The van der Waals surface area contributed by atoms with Crippen molar-refractivity contribution in [3.05, 3.63) is 17.0 Å². The van der Waals surface area contributed by atoms with Crippen molar-refractivity contribution in [2.45, 2.75) is 19.9 Å². The fourth-order valence-corrected chi connectivity index (χ4v) is 2.96. The highest BCUT2D eigenvalue weighted by molar-refractivity contribution is 7.99. The predicted molar refractivity (Wildman–Crippen MR) is 65.9 cm³/mol. The fourth-order valence-electron chi connectivity index (χ4n) is 1.73. The lowest BCUT2D eigenvalue weighted by Crippen LogP contribution is -2.41. The van der Waals surface area contributed by atoms with Crippen molar-refractivity contribution < 1.29 is 0 Å². The van der Waals surface area contributed by atoms with Crippen LogP contribution >= 0.6 is 23.4 Å². The Hall–Kier alpha value is -0.480. The molecule has 2 heterocycles. The quantitative estimate of drug-likeness (QED) is 0.709. The van der Waals surface area contributed by atoms with Crippen molar-refractivity contribution in [2.24, 2.45) is 0 Å². The molecule has 1 fully saturated rings. The molecule has 1 saturated heterocycles. The minimum absolute atomic E-state index is 0.522. The van der Waals surface area contributed by atoms with Crippen LogP contribution in [0.5, 0.6) is 0 Å². The summed E-state index contributed by atoms with van der Waals surface area (Å²) in [7, 11) is 0. The molecule has 1 atom stereocenters. The van der Waals surface area contributed by atoms with Gasteiger partial charge in [0.25, 0.3) is 0 Å². The summed E-state index contributed by atoms with van der Waals surface area (Å²) in [5.74, 6) is 4.01. The van der Waals surface area contributed by atoms with Crippen molar-refractivity contribution >= 4 is 29.2 Å². The van der Waals surface area contributed by atoms with Gasteiger partial charge < -0.3 is 4.90 Å². The molecule has 1 aromatic rings. The van der Waals surface area contributed by atoms with Gasteiger partial charge in [-0.3, -0.25) is 0 Å². The highest BCUT2D eigenvalue weighted by atomic mass is 35.5. The lowest BCUT2D eigenvalue weighted by atomic mass is 10.3. The topological polar surface area (TPSA) is 29.0 Å². The number of hydrogen-bond acceptors (Lipinski definition) is 4. The molecule has 5 heteroatoms. The number of aryl methyl sites for hydroxylation is 1. The first-order chi connectivity index (χ1) is 7.16. The molecular weight excluding hydrogens is 230 g/mol. The molecule has 1 aliphatic rings. The van der Waals surface area contributed by atoms with Gasteiger partial charge in [-0.05, 0) is 13.8 Å². The number of aromatic nitrogens is 2. The average Bonchev–Trinajstić information content (AvgIpc) is 2.16. The third kappa shape index (κ3) is 2.55. The summed E-state index contributed by atoms with van der Waals surface area (Å²) in [6, 6.07) is 2.37. The van der Waals surface area contributed by atoms with Gasteiger partial charge in [-0.2, -0.15) is 11.8 Å². The molecule has 3 nitrogen and oxygen atoms in total. The van der Waals surface area contributed by atoms with Gasteiger partial charge in [-0.15, -0.1) is 0 Å². The van der Waals surface area contributed by atoms with E-state index in [0.29, 0.717) is 11.2 Å². The second-order valence-electron chi connectivity index (χ2n) is 3.71. The van der Waals surface area contributed by atoms with E-state index in [4.69, 9.17) is 11.6 Å². The molecule has 1 aliphatic heterocycles. The largest absolute Gasteiger partial charge is 0.352 e. The number of nitrogens with zero attached hydrogens (tertiary/aromatic N) is 3. The molecule has 15 heavy (non-hydrogen) atoms. The summed E-state index contributed by atoms with van der Waals surface area (Å²) in [5.41, 5.74) is 0. The fraction of sp³-hybridized carbons (Fsp3) is 0.600. The number of hydrogen-bond donors (Lipinski definition) is 0. The highest BCUT2D eigenvalue weighted by Crippen LogP contribution is 2.23. The van der Waals surface area contributed by atoms with Gasteiger partial charge >= 0.3 is 0 Å². The summed E-state index contributed by atoms with van der Waals surface area (Å²) in [6.07, 6.45) is 0. The number of thioether (sulfide) groups is 1. The highest BCUT2D eigenvalue weighted by Gasteiger charge is 2.20. The molecule has 1 aromatic heterocycles. The van der Waals surface area contributed by atoms with Gasteiger partial charge in [0.2, 0.25) is 0 Å². The zero-order valence-corrected chi connectivity index (χ0v) is 10.5. The van der Waals surface area contributed by atoms with Crippen LogP contribution in [0.3, 0.4) is 0 Å². The smallest absolute Gasteiger partial charge is 0.134 e. The Morgan fingerprint density at radius 2 is 2.33 bits per heavy atom. The third-order valence-electron chi connectivity index (χ3n) is 2.46. The molecule has 2 rings (SSSR count). The van der Waals surface area contributed by atoms with Crippen LogP contribution in [0.25, 0.3) is 0 Å². The Bertz CT molecular complexity index is 338. The van der Waals surface area contributed by atoms with Crippen LogP contribution in [0.15, 0.2) is 6.07 Å². The monoisotopic (exact) mass is 243 g/mol. The van der Waals surface area contributed by atoms with E-state index < -0.39 is 0 Å². The van der Waals surface area contributed by atoms with Crippen LogP contribution in [-0.4, -0.2) is 34.1 Å². The third-order valence-corrected chi connectivity index (χ3v) is 3.84. The zero-order chi connectivity index (χ0) is 10.8. The van der Waals surface area contributed by atoms with Gasteiger partial charge in [-0.1, -0.05) is 11.6 Å². The molecule has 0 saturated carbocycles. The second-order valence-corrected chi connectivity index (χ2v) is 5.25. The summed E-state index contributed by atoms with van der Waals surface area (Å²) in [6.45, 7) is 5.13. The summed E-state index contributed by atoms with van der Waals surface area (Å²) in [4.78, 5) is 10.8. The first-order valence-corrected chi connectivity index (χ1v) is 6.55. The zero-order valence-electron chi connectivity index (χ0n) is 8.90. The van der Waals surface area contributed by atoms with Crippen molar-refractivity contribution in [1.29, 1.82) is 0 Å². The minimum atomic E-state index is 0.522. The van der Waals surface area contributed by atoms with Crippen molar-refractivity contribution in [3.63, 3.8) is 0 Å². The van der Waals surface area contributed by atoms with Gasteiger partial charge in [-0.25, -0.2) is 9.97 Å². The molecule has 0 aliphatic carbocycles. The second kappa shape index (κ2) is 4.58. The van der Waals surface area contributed by atoms with Gasteiger partial charge in [0.15, 0.2) is 0 Å². The Labute approximate surface area is 99.2 Å². The summed E-state index contributed by atoms with van der Waals surface area (Å²) < 4.78 is 0. The van der Waals surface area contributed by atoms with E-state index in [9.17, 15) is 0 Å². The van der Waals surface area contributed by atoms with E-state index in [1.54, 1.807) is 0 Å². The van der Waals surface area contributed by atoms with E-state index in [-0.39, 0.29) is 0 Å². The molecule has 0 amide bonds. The SMILES string of the molecule is Cc1nc(Cl)cc(N2CCSCC2C)n1. The molecule has 0 bridgehead atoms. The van der Waals surface area contributed by atoms with Crippen LogP contribution in [-0.2, 0) is 0 Å². The number of anilines is 1. The Morgan fingerprint density at radius 3 is 3.00 bits per heavy atom. The molecule has 0 spiro atoms.